The summed E-state index contributed by atoms with van der Waals surface area (Å²) in [6, 6.07) is 14.6. The maximum atomic E-state index is 12.1. The van der Waals surface area contributed by atoms with E-state index in [2.05, 4.69) is 15.8 Å². The van der Waals surface area contributed by atoms with Gasteiger partial charge < -0.3 is 4.98 Å². The largest absolute Gasteiger partial charge is 0.350 e. The van der Waals surface area contributed by atoms with E-state index in [0.29, 0.717) is 10.7 Å². The van der Waals surface area contributed by atoms with Crippen LogP contribution >= 0.6 is 11.6 Å². The summed E-state index contributed by atoms with van der Waals surface area (Å²) in [5.41, 5.74) is 8.01. The molecule has 0 radical (unpaired) electrons. The Morgan fingerprint density at radius 1 is 1.04 bits per heavy atom. The third-order valence-corrected chi connectivity index (χ3v) is 3.87. The standard InChI is InChI=1S/C18H16ClN3O2/c1-11-2-5-13-10-16(20-15(13)8-11)18(24)22-21-17(23)9-12-3-6-14(19)7-4-12/h2-8,10,20H,9H2,1H3,(H,21,23)(H,22,24). The van der Waals surface area contributed by atoms with Crippen molar-refractivity contribution in [2.75, 3.05) is 0 Å². The molecule has 0 saturated carbocycles. The van der Waals surface area contributed by atoms with E-state index < -0.39 is 5.91 Å². The van der Waals surface area contributed by atoms with Crippen LogP contribution in [0.15, 0.2) is 48.5 Å². The average molecular weight is 342 g/mol. The molecule has 2 amide bonds. The lowest BCUT2D eigenvalue weighted by Gasteiger charge is -2.06. The van der Waals surface area contributed by atoms with Crippen molar-refractivity contribution in [2.24, 2.45) is 0 Å². The fourth-order valence-electron chi connectivity index (χ4n) is 2.39. The van der Waals surface area contributed by atoms with E-state index in [0.717, 1.165) is 22.0 Å². The first-order chi connectivity index (χ1) is 11.5. The van der Waals surface area contributed by atoms with E-state index in [4.69, 9.17) is 11.6 Å². The molecule has 3 rings (SSSR count). The summed E-state index contributed by atoms with van der Waals surface area (Å²) in [4.78, 5) is 27.0. The molecule has 0 fully saturated rings. The Kier molecular flexibility index (Phi) is 4.53. The molecule has 122 valence electrons. The maximum Gasteiger partial charge on any atom is 0.286 e. The molecule has 0 aliphatic heterocycles. The highest BCUT2D eigenvalue weighted by Gasteiger charge is 2.11. The number of aromatic amines is 1. The second-order valence-electron chi connectivity index (χ2n) is 5.58. The fourth-order valence-corrected chi connectivity index (χ4v) is 2.51. The lowest BCUT2D eigenvalue weighted by atomic mass is 10.1. The predicted octanol–water partition coefficient (Wildman–Crippen LogP) is 3.13. The van der Waals surface area contributed by atoms with Crippen LogP contribution in [0, 0.1) is 6.92 Å². The van der Waals surface area contributed by atoms with Gasteiger partial charge in [0, 0.05) is 15.9 Å². The van der Waals surface area contributed by atoms with Crippen molar-refractivity contribution in [1.29, 1.82) is 0 Å². The zero-order valence-electron chi connectivity index (χ0n) is 13.0. The minimum Gasteiger partial charge on any atom is -0.350 e. The normalized spacial score (nSPS) is 10.6. The number of hydrogen-bond donors (Lipinski definition) is 3. The zero-order chi connectivity index (χ0) is 17.1. The van der Waals surface area contributed by atoms with Crippen LogP contribution in [0.3, 0.4) is 0 Å². The summed E-state index contributed by atoms with van der Waals surface area (Å²) >= 11 is 5.80. The minimum atomic E-state index is -0.395. The van der Waals surface area contributed by atoms with Crippen LogP contribution in [0.2, 0.25) is 5.02 Å². The van der Waals surface area contributed by atoms with Crippen molar-refractivity contribution >= 4 is 34.3 Å². The Labute approximate surface area is 144 Å². The van der Waals surface area contributed by atoms with Crippen molar-refractivity contribution in [3.8, 4) is 0 Å². The molecule has 5 nitrogen and oxygen atoms in total. The second-order valence-corrected chi connectivity index (χ2v) is 6.02. The van der Waals surface area contributed by atoms with E-state index in [9.17, 15) is 9.59 Å². The third-order valence-electron chi connectivity index (χ3n) is 3.62. The smallest absolute Gasteiger partial charge is 0.286 e. The predicted molar refractivity (Wildman–Crippen MR) is 93.8 cm³/mol. The average Bonchev–Trinajstić information content (AvgIpc) is 2.98. The van der Waals surface area contributed by atoms with Gasteiger partial charge in [0.1, 0.15) is 5.69 Å². The summed E-state index contributed by atoms with van der Waals surface area (Å²) in [7, 11) is 0. The van der Waals surface area contributed by atoms with E-state index in [1.165, 1.54) is 0 Å². The Balaban J connectivity index is 1.59. The molecular formula is C18H16ClN3O2. The molecular weight excluding hydrogens is 326 g/mol. The van der Waals surface area contributed by atoms with Crippen molar-refractivity contribution in [3.05, 3.63) is 70.4 Å². The van der Waals surface area contributed by atoms with Crippen molar-refractivity contribution < 1.29 is 9.59 Å². The van der Waals surface area contributed by atoms with E-state index >= 15 is 0 Å². The molecule has 0 spiro atoms. The first-order valence-corrected chi connectivity index (χ1v) is 7.82. The maximum absolute atomic E-state index is 12.1. The number of amides is 2. The molecule has 0 aliphatic carbocycles. The van der Waals surface area contributed by atoms with Crippen LogP contribution in [-0.4, -0.2) is 16.8 Å². The summed E-state index contributed by atoms with van der Waals surface area (Å²) in [6.45, 7) is 1.98. The molecule has 0 saturated heterocycles. The Morgan fingerprint density at radius 2 is 1.79 bits per heavy atom. The SMILES string of the molecule is Cc1ccc2cc(C(=O)NNC(=O)Cc3ccc(Cl)cc3)[nH]c2c1. The van der Waals surface area contributed by atoms with Gasteiger partial charge in [-0.3, -0.25) is 20.4 Å². The van der Waals surface area contributed by atoms with E-state index in [1.807, 2.05) is 25.1 Å². The summed E-state index contributed by atoms with van der Waals surface area (Å²) in [5, 5.41) is 1.56. The van der Waals surface area contributed by atoms with Crippen molar-refractivity contribution in [2.45, 2.75) is 13.3 Å². The first-order valence-electron chi connectivity index (χ1n) is 7.44. The number of hydrogen-bond acceptors (Lipinski definition) is 2. The van der Waals surface area contributed by atoms with Crippen molar-refractivity contribution in [3.63, 3.8) is 0 Å². The van der Waals surface area contributed by atoms with Gasteiger partial charge in [-0.1, -0.05) is 35.9 Å². The quantitative estimate of drug-likeness (QED) is 0.640. The lowest BCUT2D eigenvalue weighted by Crippen LogP contribution is -2.42. The highest BCUT2D eigenvalue weighted by atomic mass is 35.5. The number of hydrazine groups is 1. The second kappa shape index (κ2) is 6.76. The highest BCUT2D eigenvalue weighted by molar-refractivity contribution is 6.30. The van der Waals surface area contributed by atoms with Crippen LogP contribution < -0.4 is 10.9 Å². The number of carbonyl (C=O) groups is 2. The third kappa shape index (κ3) is 3.75. The van der Waals surface area contributed by atoms with Gasteiger partial charge in [0.2, 0.25) is 5.91 Å². The molecule has 0 aliphatic rings. The Bertz CT molecular complexity index is 900. The first kappa shape index (κ1) is 16.1. The monoisotopic (exact) mass is 341 g/mol. The molecule has 3 aromatic rings. The van der Waals surface area contributed by atoms with Crippen LogP contribution in [0.4, 0.5) is 0 Å². The molecule has 0 unspecified atom stereocenters. The van der Waals surface area contributed by atoms with Crippen LogP contribution in [0.1, 0.15) is 21.6 Å². The summed E-state index contributed by atoms with van der Waals surface area (Å²) in [6.07, 6.45) is 0.156. The van der Waals surface area contributed by atoms with Gasteiger partial charge in [-0.2, -0.15) is 0 Å². The minimum absolute atomic E-state index is 0.156. The zero-order valence-corrected chi connectivity index (χ0v) is 13.8. The Morgan fingerprint density at radius 3 is 2.54 bits per heavy atom. The molecule has 1 heterocycles. The van der Waals surface area contributed by atoms with Gasteiger partial charge in [0.05, 0.1) is 6.42 Å². The molecule has 2 aromatic carbocycles. The van der Waals surface area contributed by atoms with Crippen LogP contribution in [0.5, 0.6) is 0 Å². The van der Waals surface area contributed by atoms with Gasteiger partial charge in [0.15, 0.2) is 0 Å². The van der Waals surface area contributed by atoms with Crippen LogP contribution in [-0.2, 0) is 11.2 Å². The topological polar surface area (TPSA) is 74.0 Å². The molecule has 0 atom stereocenters. The lowest BCUT2D eigenvalue weighted by molar-refractivity contribution is -0.121. The summed E-state index contributed by atoms with van der Waals surface area (Å²) in [5.74, 6) is -0.703. The molecule has 24 heavy (non-hydrogen) atoms. The summed E-state index contributed by atoms with van der Waals surface area (Å²) < 4.78 is 0. The number of aryl methyl sites for hydroxylation is 1. The number of rotatable bonds is 3. The fraction of sp³-hybridized carbons (Fsp3) is 0.111. The van der Waals surface area contributed by atoms with Crippen LogP contribution in [0.25, 0.3) is 10.9 Å². The molecule has 1 aromatic heterocycles. The van der Waals surface area contributed by atoms with Gasteiger partial charge in [-0.05, 0) is 42.3 Å². The molecule has 6 heteroatoms. The number of fused-ring (bicyclic) bond motifs is 1. The number of carbonyl (C=O) groups excluding carboxylic acids is 2. The van der Waals surface area contributed by atoms with E-state index in [1.54, 1.807) is 30.3 Å². The van der Waals surface area contributed by atoms with Gasteiger partial charge in [0.25, 0.3) is 5.91 Å². The number of nitrogens with one attached hydrogen (secondary N) is 3. The van der Waals surface area contributed by atoms with Gasteiger partial charge >= 0.3 is 0 Å². The number of H-pyrrole nitrogens is 1. The molecule has 0 bridgehead atoms. The molecule has 3 N–H and O–H groups in total. The Hall–Kier alpha value is -2.79. The van der Waals surface area contributed by atoms with Crippen molar-refractivity contribution in [1.82, 2.24) is 15.8 Å². The number of halogens is 1. The highest BCUT2D eigenvalue weighted by Crippen LogP contribution is 2.16. The van der Waals surface area contributed by atoms with E-state index in [-0.39, 0.29) is 12.3 Å². The number of benzene rings is 2. The number of aromatic nitrogens is 1. The van der Waals surface area contributed by atoms with Gasteiger partial charge in [-0.25, -0.2) is 0 Å². The van der Waals surface area contributed by atoms with Gasteiger partial charge in [-0.15, -0.1) is 0 Å².